The highest BCUT2D eigenvalue weighted by Gasteiger charge is 2.23. The predicted molar refractivity (Wildman–Crippen MR) is 146 cm³/mol. The molecule has 1 saturated heterocycles. The highest BCUT2D eigenvalue weighted by molar-refractivity contribution is 14.0. The van der Waals surface area contributed by atoms with Crippen LogP contribution < -0.4 is 5.56 Å². The van der Waals surface area contributed by atoms with Crippen molar-refractivity contribution >= 4 is 34.7 Å². The van der Waals surface area contributed by atoms with Crippen LogP contribution in [0.15, 0.2) is 53.6 Å². The van der Waals surface area contributed by atoms with Crippen LogP contribution in [0.1, 0.15) is 48.9 Å². The van der Waals surface area contributed by atoms with Crippen molar-refractivity contribution in [1.82, 2.24) is 19.6 Å². The smallest absolute Gasteiger partial charge is 0.274 e. The SMILES string of the molecule is Cc1cc2c(-c3ccc(F)cc3F)nn(C3CCOCC3)c(=O)c2cc1C.I.c1cnn(C2CC2)c1. The van der Waals surface area contributed by atoms with E-state index in [0.717, 1.165) is 23.2 Å². The molecule has 3 heterocycles. The number of ether oxygens (including phenoxy) is 1. The summed E-state index contributed by atoms with van der Waals surface area (Å²) in [5.74, 6) is -1.34. The largest absolute Gasteiger partial charge is 0.381 e. The maximum absolute atomic E-state index is 14.5. The highest BCUT2D eigenvalue weighted by Crippen LogP contribution is 2.33. The zero-order chi connectivity index (χ0) is 24.5. The van der Waals surface area contributed by atoms with Gasteiger partial charge < -0.3 is 4.74 Å². The molecule has 0 radical (unpaired) electrons. The van der Waals surface area contributed by atoms with Gasteiger partial charge in [0.1, 0.15) is 17.3 Å². The van der Waals surface area contributed by atoms with Crippen LogP contribution in [-0.4, -0.2) is 32.8 Å². The van der Waals surface area contributed by atoms with Gasteiger partial charge in [-0.05, 0) is 81.0 Å². The van der Waals surface area contributed by atoms with Crippen molar-refractivity contribution in [2.75, 3.05) is 13.2 Å². The molecule has 4 aromatic rings. The molecule has 1 aliphatic heterocycles. The van der Waals surface area contributed by atoms with Crippen molar-refractivity contribution in [3.05, 3.63) is 81.9 Å². The number of aromatic nitrogens is 4. The molecular formula is C27H29F2IN4O2. The second-order valence-electron chi connectivity index (χ2n) is 9.27. The molecule has 9 heteroatoms. The van der Waals surface area contributed by atoms with Crippen molar-refractivity contribution in [3.63, 3.8) is 0 Å². The molecular weight excluding hydrogens is 577 g/mol. The molecule has 6 nitrogen and oxygen atoms in total. The highest BCUT2D eigenvalue weighted by atomic mass is 127. The number of rotatable bonds is 3. The number of nitrogens with zero attached hydrogens (tertiary/aromatic N) is 4. The summed E-state index contributed by atoms with van der Waals surface area (Å²) in [6.07, 6.45) is 7.85. The van der Waals surface area contributed by atoms with Gasteiger partial charge in [-0.3, -0.25) is 9.48 Å². The number of benzene rings is 2. The third kappa shape index (κ3) is 5.51. The quantitative estimate of drug-likeness (QED) is 0.263. The lowest BCUT2D eigenvalue weighted by Gasteiger charge is -2.24. The Bertz CT molecular complexity index is 1410. The molecule has 6 rings (SSSR count). The van der Waals surface area contributed by atoms with Gasteiger partial charge >= 0.3 is 0 Å². The minimum atomic E-state index is -0.695. The van der Waals surface area contributed by atoms with Crippen molar-refractivity contribution in [2.45, 2.75) is 51.6 Å². The van der Waals surface area contributed by atoms with E-state index in [1.165, 1.54) is 29.7 Å². The summed E-state index contributed by atoms with van der Waals surface area (Å²) in [7, 11) is 0. The Morgan fingerprint density at radius 1 is 0.944 bits per heavy atom. The van der Waals surface area contributed by atoms with Crippen LogP contribution in [0.3, 0.4) is 0 Å². The monoisotopic (exact) mass is 606 g/mol. The second-order valence-corrected chi connectivity index (χ2v) is 9.27. The fourth-order valence-corrected chi connectivity index (χ4v) is 4.41. The molecule has 2 aliphatic rings. The van der Waals surface area contributed by atoms with Crippen molar-refractivity contribution in [2.24, 2.45) is 0 Å². The summed E-state index contributed by atoms with van der Waals surface area (Å²) in [6, 6.07) is 9.72. The van der Waals surface area contributed by atoms with Crippen molar-refractivity contribution < 1.29 is 13.5 Å². The van der Waals surface area contributed by atoms with E-state index in [-0.39, 0.29) is 41.1 Å². The van der Waals surface area contributed by atoms with Crippen LogP contribution in [0.2, 0.25) is 0 Å². The molecule has 36 heavy (non-hydrogen) atoms. The Morgan fingerprint density at radius 3 is 2.25 bits per heavy atom. The van der Waals surface area contributed by atoms with Gasteiger partial charge in [0.2, 0.25) is 0 Å². The van der Waals surface area contributed by atoms with Gasteiger partial charge in [0.15, 0.2) is 0 Å². The molecule has 1 saturated carbocycles. The Kier molecular flexibility index (Phi) is 8.19. The average molecular weight is 606 g/mol. The number of fused-ring (bicyclic) bond motifs is 1. The lowest BCUT2D eigenvalue weighted by atomic mass is 9.99. The molecule has 190 valence electrons. The molecule has 0 amide bonds. The average Bonchev–Trinajstić information content (AvgIpc) is 3.56. The molecule has 2 aromatic carbocycles. The lowest BCUT2D eigenvalue weighted by Crippen LogP contribution is -2.31. The molecule has 0 spiro atoms. The first-order chi connectivity index (χ1) is 16.9. The Hall–Kier alpha value is -2.66. The first-order valence-electron chi connectivity index (χ1n) is 12.0. The van der Waals surface area contributed by atoms with E-state index in [2.05, 4.69) is 10.2 Å². The zero-order valence-corrected chi connectivity index (χ0v) is 22.6. The molecule has 0 unspecified atom stereocenters. The fourth-order valence-electron chi connectivity index (χ4n) is 4.41. The topological polar surface area (TPSA) is 61.9 Å². The summed E-state index contributed by atoms with van der Waals surface area (Å²) >= 11 is 0. The van der Waals surface area contributed by atoms with Crippen LogP contribution in [-0.2, 0) is 4.74 Å². The van der Waals surface area contributed by atoms with E-state index >= 15 is 0 Å². The van der Waals surface area contributed by atoms with Gasteiger partial charge in [-0.15, -0.1) is 24.0 Å². The molecule has 1 aliphatic carbocycles. The summed E-state index contributed by atoms with van der Waals surface area (Å²) in [4.78, 5) is 13.1. The fraction of sp³-hybridized carbons (Fsp3) is 0.370. The van der Waals surface area contributed by atoms with E-state index < -0.39 is 11.6 Å². The van der Waals surface area contributed by atoms with E-state index in [1.807, 2.05) is 49.1 Å². The molecule has 2 aromatic heterocycles. The minimum Gasteiger partial charge on any atom is -0.381 e. The van der Waals surface area contributed by atoms with E-state index in [4.69, 9.17) is 4.74 Å². The summed E-state index contributed by atoms with van der Waals surface area (Å²) < 4.78 is 36.8. The third-order valence-corrected chi connectivity index (χ3v) is 6.70. The van der Waals surface area contributed by atoms with Crippen LogP contribution in [0, 0.1) is 25.5 Å². The van der Waals surface area contributed by atoms with Gasteiger partial charge in [0.05, 0.1) is 17.5 Å². The number of hydrogen-bond donors (Lipinski definition) is 0. The Morgan fingerprint density at radius 2 is 1.64 bits per heavy atom. The third-order valence-electron chi connectivity index (χ3n) is 6.70. The zero-order valence-electron chi connectivity index (χ0n) is 20.3. The second kappa shape index (κ2) is 11.2. The maximum Gasteiger partial charge on any atom is 0.274 e. The number of halogens is 3. The van der Waals surface area contributed by atoms with Crippen LogP contribution in [0.25, 0.3) is 22.0 Å². The van der Waals surface area contributed by atoms with Gasteiger partial charge in [-0.1, -0.05) is 0 Å². The lowest BCUT2D eigenvalue weighted by molar-refractivity contribution is 0.0651. The van der Waals surface area contributed by atoms with Gasteiger partial charge in [0, 0.05) is 42.6 Å². The predicted octanol–water partition coefficient (Wildman–Crippen LogP) is 6.15. The van der Waals surface area contributed by atoms with Crippen molar-refractivity contribution in [1.29, 1.82) is 0 Å². The first-order valence-corrected chi connectivity index (χ1v) is 12.0. The van der Waals surface area contributed by atoms with Gasteiger partial charge in [0.25, 0.3) is 5.56 Å². The first kappa shape index (κ1) is 26.4. The van der Waals surface area contributed by atoms with E-state index in [1.54, 1.807) is 0 Å². The maximum atomic E-state index is 14.5. The molecule has 0 N–H and O–H groups in total. The van der Waals surface area contributed by atoms with Gasteiger partial charge in [-0.2, -0.15) is 10.2 Å². The summed E-state index contributed by atoms with van der Waals surface area (Å²) in [5.41, 5.74) is 2.32. The van der Waals surface area contributed by atoms with Gasteiger partial charge in [-0.25, -0.2) is 13.5 Å². The number of aryl methyl sites for hydroxylation is 2. The van der Waals surface area contributed by atoms with E-state index in [9.17, 15) is 13.6 Å². The van der Waals surface area contributed by atoms with Crippen LogP contribution >= 0.6 is 24.0 Å². The van der Waals surface area contributed by atoms with Crippen LogP contribution in [0.4, 0.5) is 8.78 Å². The Labute approximate surface area is 225 Å². The number of hydrogen-bond acceptors (Lipinski definition) is 4. The van der Waals surface area contributed by atoms with Crippen molar-refractivity contribution in [3.8, 4) is 11.3 Å². The normalized spacial score (nSPS) is 15.8. The molecule has 2 fully saturated rings. The standard InChI is InChI=1S/C21H20F2N2O2.C6H8N2.HI/c1-12-9-17-18(10-13(12)2)21(26)25(15-5-7-27-8-6-15)24-20(17)16-4-3-14(22)11-19(16)23;1-4-7-8(5-1)6-2-3-6;/h3-4,9-11,15H,5-8H2,1-2H3;1,4-6H,2-3H2;1H. The minimum absolute atomic E-state index is 0. The van der Waals surface area contributed by atoms with E-state index in [0.29, 0.717) is 42.5 Å². The van der Waals surface area contributed by atoms with Crippen LogP contribution in [0.5, 0.6) is 0 Å². The molecule has 0 atom stereocenters. The summed E-state index contributed by atoms with van der Waals surface area (Å²) in [6.45, 7) is 4.99. The Balaban J connectivity index is 0.000000285. The summed E-state index contributed by atoms with van der Waals surface area (Å²) in [5, 5.41) is 9.72. The molecule has 0 bridgehead atoms.